The van der Waals surface area contributed by atoms with Gasteiger partial charge in [0.15, 0.2) is 0 Å². The summed E-state index contributed by atoms with van der Waals surface area (Å²) in [5.41, 5.74) is 1.75. The third-order valence-corrected chi connectivity index (χ3v) is 5.74. The first kappa shape index (κ1) is 16.8. The van der Waals surface area contributed by atoms with Crippen LogP contribution < -0.4 is 4.57 Å². The summed E-state index contributed by atoms with van der Waals surface area (Å²) in [4.78, 5) is -0.632. The van der Waals surface area contributed by atoms with Crippen LogP contribution in [0.5, 0.6) is 0 Å². The molecule has 0 atom stereocenters. The van der Waals surface area contributed by atoms with E-state index in [0.29, 0.717) is 11.0 Å². The van der Waals surface area contributed by atoms with E-state index in [9.17, 15) is 25.9 Å². The zero-order valence-electron chi connectivity index (χ0n) is 12.7. The molecule has 0 amide bonds. The molecule has 1 aromatic heterocycles. The van der Waals surface area contributed by atoms with E-state index in [1.807, 2.05) is 6.92 Å². The first-order valence-corrected chi connectivity index (χ1v) is 9.64. The van der Waals surface area contributed by atoms with Crippen molar-refractivity contribution in [2.75, 3.05) is 0 Å². The molecule has 0 radical (unpaired) electrons. The maximum absolute atomic E-state index is 11.3. The zero-order valence-corrected chi connectivity index (χ0v) is 14.3. The summed E-state index contributed by atoms with van der Waals surface area (Å²) in [6.45, 7) is 1.81. The van der Waals surface area contributed by atoms with E-state index in [-0.39, 0.29) is 9.79 Å². The van der Waals surface area contributed by atoms with Gasteiger partial charge in [0.2, 0.25) is 11.0 Å². The average Bonchev–Trinajstić information content (AvgIpc) is 2.49. The van der Waals surface area contributed by atoms with Crippen molar-refractivity contribution in [2.24, 2.45) is 7.05 Å². The molecule has 0 saturated heterocycles. The molecule has 0 spiro atoms. The van der Waals surface area contributed by atoms with Crippen LogP contribution in [0, 0.1) is 6.92 Å². The van der Waals surface area contributed by atoms with E-state index in [2.05, 4.69) is 0 Å². The minimum Gasteiger partial charge on any atom is -0.744 e. The number of nitrogens with zero attached hydrogens (tertiary/aromatic N) is 1. The van der Waals surface area contributed by atoms with E-state index >= 15 is 0 Å². The predicted molar refractivity (Wildman–Crippen MR) is 85.1 cm³/mol. The quantitative estimate of drug-likeness (QED) is 0.414. The molecular weight excluding hydrogens is 354 g/mol. The first-order chi connectivity index (χ1) is 11.0. The second-order valence-corrected chi connectivity index (χ2v) is 8.27. The second-order valence-electron chi connectivity index (χ2n) is 5.47. The van der Waals surface area contributed by atoms with Gasteiger partial charge in [-0.05, 0) is 36.8 Å². The largest absolute Gasteiger partial charge is 0.744 e. The number of fused-ring (bicyclic) bond motifs is 2. The van der Waals surface area contributed by atoms with Crippen LogP contribution in [0.4, 0.5) is 0 Å². The standard InChI is InChI=1S/C15H13NO6S2/c1-9-12-5-3-10(23(17,18)19)7-14(12)16(2)15-8-11(24(20,21)22)4-6-13(9)15/h3-8H,1-2H3,(H-,17,18,19,20,21,22). The van der Waals surface area contributed by atoms with Gasteiger partial charge in [0.05, 0.1) is 4.90 Å². The topological polar surface area (TPSA) is 115 Å². The van der Waals surface area contributed by atoms with Crippen LogP contribution in [0.25, 0.3) is 21.8 Å². The third kappa shape index (κ3) is 2.65. The molecule has 0 fully saturated rings. The van der Waals surface area contributed by atoms with Gasteiger partial charge in [-0.3, -0.25) is 4.55 Å². The monoisotopic (exact) mass is 367 g/mol. The van der Waals surface area contributed by atoms with Crippen LogP contribution in [0.3, 0.4) is 0 Å². The Labute approximate surface area is 138 Å². The molecule has 9 heteroatoms. The fraction of sp³-hybridized carbons (Fsp3) is 0.133. The molecule has 3 aromatic rings. The lowest BCUT2D eigenvalue weighted by Crippen LogP contribution is -2.31. The van der Waals surface area contributed by atoms with Crippen LogP contribution in [-0.4, -0.2) is 25.9 Å². The van der Waals surface area contributed by atoms with Gasteiger partial charge in [-0.15, -0.1) is 0 Å². The molecule has 0 aliphatic heterocycles. The number of hydrogen-bond acceptors (Lipinski definition) is 5. The minimum atomic E-state index is -4.61. The normalized spacial score (nSPS) is 12.8. The van der Waals surface area contributed by atoms with Crippen molar-refractivity contribution in [3.63, 3.8) is 0 Å². The number of pyridine rings is 1. The minimum absolute atomic E-state index is 0.267. The van der Waals surface area contributed by atoms with Crippen LogP contribution in [0.2, 0.25) is 0 Å². The van der Waals surface area contributed by atoms with Gasteiger partial charge in [-0.2, -0.15) is 13.0 Å². The summed E-state index contributed by atoms with van der Waals surface area (Å²) in [5, 5.41) is 1.48. The second kappa shape index (κ2) is 5.21. The van der Waals surface area contributed by atoms with Crippen LogP contribution in [0.15, 0.2) is 46.2 Å². The molecule has 0 saturated carbocycles. The van der Waals surface area contributed by atoms with Crippen molar-refractivity contribution in [3.8, 4) is 0 Å². The zero-order chi connectivity index (χ0) is 17.9. The van der Waals surface area contributed by atoms with Gasteiger partial charge >= 0.3 is 0 Å². The van der Waals surface area contributed by atoms with Gasteiger partial charge in [0.1, 0.15) is 22.1 Å². The number of hydrogen-bond donors (Lipinski definition) is 1. The van der Waals surface area contributed by atoms with Crippen molar-refractivity contribution in [1.82, 2.24) is 0 Å². The highest BCUT2D eigenvalue weighted by Crippen LogP contribution is 2.27. The Morgan fingerprint density at radius 2 is 1.38 bits per heavy atom. The molecule has 24 heavy (non-hydrogen) atoms. The Morgan fingerprint density at radius 3 is 1.83 bits per heavy atom. The van der Waals surface area contributed by atoms with E-state index < -0.39 is 20.2 Å². The van der Waals surface area contributed by atoms with Crippen LogP contribution in [0.1, 0.15) is 5.56 Å². The molecule has 126 valence electrons. The summed E-state index contributed by atoms with van der Waals surface area (Å²) in [7, 11) is -7.35. The summed E-state index contributed by atoms with van der Waals surface area (Å²) in [5.74, 6) is 0. The van der Waals surface area contributed by atoms with E-state index in [0.717, 1.165) is 16.3 Å². The van der Waals surface area contributed by atoms with E-state index in [1.54, 1.807) is 23.7 Å². The Kier molecular flexibility index (Phi) is 3.64. The van der Waals surface area contributed by atoms with E-state index in [1.165, 1.54) is 24.3 Å². The highest BCUT2D eigenvalue weighted by molar-refractivity contribution is 7.86. The highest BCUT2D eigenvalue weighted by Gasteiger charge is 2.20. The number of aromatic nitrogens is 1. The molecule has 1 N–H and O–H groups in total. The molecule has 7 nitrogen and oxygen atoms in total. The van der Waals surface area contributed by atoms with Crippen molar-refractivity contribution < 1.29 is 30.5 Å². The summed E-state index contributed by atoms with van der Waals surface area (Å²) in [6.07, 6.45) is 0. The lowest BCUT2D eigenvalue weighted by molar-refractivity contribution is -0.617. The molecular formula is C15H13NO6S2. The van der Waals surface area contributed by atoms with Gasteiger partial charge in [0, 0.05) is 22.9 Å². The lowest BCUT2D eigenvalue weighted by Gasteiger charge is -2.10. The summed E-state index contributed by atoms with van der Waals surface area (Å²) >= 11 is 0. The number of aryl methyl sites for hydroxylation is 2. The molecule has 0 aliphatic rings. The Morgan fingerprint density at radius 1 is 0.917 bits per heavy atom. The number of rotatable bonds is 2. The summed E-state index contributed by atoms with van der Waals surface area (Å²) < 4.78 is 67.2. The van der Waals surface area contributed by atoms with Crippen LogP contribution >= 0.6 is 0 Å². The van der Waals surface area contributed by atoms with Crippen molar-refractivity contribution >= 4 is 42.0 Å². The molecule has 0 unspecified atom stereocenters. The van der Waals surface area contributed by atoms with Crippen LogP contribution in [-0.2, 0) is 27.3 Å². The fourth-order valence-corrected chi connectivity index (χ4v) is 3.79. The van der Waals surface area contributed by atoms with Crippen molar-refractivity contribution in [1.29, 1.82) is 0 Å². The summed E-state index contributed by atoms with van der Waals surface area (Å²) in [6, 6.07) is 8.22. The Bertz CT molecular complexity index is 1120. The Hall–Kier alpha value is -2.07. The maximum atomic E-state index is 11.3. The lowest BCUT2D eigenvalue weighted by atomic mass is 10.0. The molecule has 2 aromatic carbocycles. The number of benzene rings is 2. The van der Waals surface area contributed by atoms with Gasteiger partial charge in [-0.25, -0.2) is 8.42 Å². The maximum Gasteiger partial charge on any atom is 0.294 e. The smallest absolute Gasteiger partial charge is 0.294 e. The Balaban J connectivity index is 2.50. The SMILES string of the molecule is Cc1c2ccc(S(=O)(=O)[O-])cc2[n+](C)c2cc(S(=O)(=O)O)ccc12. The van der Waals surface area contributed by atoms with Gasteiger partial charge in [-0.1, -0.05) is 0 Å². The van der Waals surface area contributed by atoms with Crippen molar-refractivity contribution in [3.05, 3.63) is 42.0 Å². The van der Waals surface area contributed by atoms with Crippen molar-refractivity contribution in [2.45, 2.75) is 16.7 Å². The molecule has 3 rings (SSSR count). The third-order valence-electron chi connectivity index (χ3n) is 4.06. The average molecular weight is 367 g/mol. The first-order valence-electron chi connectivity index (χ1n) is 6.79. The van der Waals surface area contributed by atoms with E-state index in [4.69, 9.17) is 0 Å². The predicted octanol–water partition coefficient (Wildman–Crippen LogP) is 1.28. The molecule has 0 aliphatic carbocycles. The molecule has 0 bridgehead atoms. The molecule has 1 heterocycles. The van der Waals surface area contributed by atoms with Gasteiger partial charge < -0.3 is 4.55 Å². The fourth-order valence-electron chi connectivity index (χ4n) is 2.80. The highest BCUT2D eigenvalue weighted by atomic mass is 32.2. The van der Waals surface area contributed by atoms with Gasteiger partial charge in [0.25, 0.3) is 10.1 Å².